The summed E-state index contributed by atoms with van der Waals surface area (Å²) in [7, 11) is 1.63. The number of hydrogen-bond donors (Lipinski definition) is 3. The molecule has 2 unspecified atom stereocenters. The van der Waals surface area contributed by atoms with Gasteiger partial charge in [0.1, 0.15) is 5.75 Å². The standard InChI is InChI=1S/C16H26N2O3/c1-4-12(2)14(19)11-18-16(20)17-10-9-13-7-5-6-8-15(13)21-3/h5-8,12,14,19H,4,9-11H2,1-3H3,(H2,17,18,20). The minimum atomic E-state index is -0.505. The fraction of sp³-hybridized carbons (Fsp3) is 0.562. The number of hydrogen-bond acceptors (Lipinski definition) is 3. The molecule has 0 aliphatic carbocycles. The van der Waals surface area contributed by atoms with Gasteiger partial charge in [0.2, 0.25) is 0 Å². The molecule has 3 N–H and O–H groups in total. The van der Waals surface area contributed by atoms with E-state index in [1.165, 1.54) is 0 Å². The number of amides is 2. The average molecular weight is 294 g/mol. The first-order chi connectivity index (χ1) is 10.1. The molecule has 1 rings (SSSR count). The number of ether oxygens (including phenoxy) is 1. The van der Waals surface area contributed by atoms with Crippen LogP contribution in [-0.2, 0) is 6.42 Å². The maximum absolute atomic E-state index is 11.6. The quantitative estimate of drug-likeness (QED) is 0.686. The Morgan fingerprint density at radius 1 is 1.33 bits per heavy atom. The topological polar surface area (TPSA) is 70.6 Å². The van der Waals surface area contributed by atoms with Crippen molar-refractivity contribution in [2.75, 3.05) is 20.2 Å². The van der Waals surface area contributed by atoms with Crippen molar-refractivity contribution in [1.29, 1.82) is 0 Å². The predicted octanol–water partition coefficient (Wildman–Crippen LogP) is 1.94. The number of para-hydroxylation sites is 1. The van der Waals surface area contributed by atoms with E-state index in [1.54, 1.807) is 7.11 Å². The summed E-state index contributed by atoms with van der Waals surface area (Å²) in [4.78, 5) is 11.6. The lowest BCUT2D eigenvalue weighted by atomic mass is 10.0. The normalized spacial score (nSPS) is 13.3. The molecule has 118 valence electrons. The van der Waals surface area contributed by atoms with Crippen LogP contribution in [0.2, 0.25) is 0 Å². The third-order valence-electron chi connectivity index (χ3n) is 3.64. The highest BCUT2D eigenvalue weighted by Crippen LogP contribution is 2.17. The fourth-order valence-electron chi connectivity index (χ4n) is 1.95. The van der Waals surface area contributed by atoms with Gasteiger partial charge in [-0.3, -0.25) is 0 Å². The van der Waals surface area contributed by atoms with Gasteiger partial charge in [-0.15, -0.1) is 0 Å². The molecule has 1 aromatic carbocycles. The molecule has 0 heterocycles. The SMILES string of the molecule is CCC(C)C(O)CNC(=O)NCCc1ccccc1OC. The fourth-order valence-corrected chi connectivity index (χ4v) is 1.95. The first-order valence-electron chi connectivity index (χ1n) is 7.40. The molecule has 0 spiro atoms. The van der Waals surface area contributed by atoms with Crippen molar-refractivity contribution in [2.24, 2.45) is 5.92 Å². The van der Waals surface area contributed by atoms with Crippen LogP contribution in [0.4, 0.5) is 4.79 Å². The van der Waals surface area contributed by atoms with Crippen LogP contribution in [0.5, 0.6) is 5.75 Å². The first kappa shape index (κ1) is 17.3. The highest BCUT2D eigenvalue weighted by Gasteiger charge is 2.13. The molecule has 0 fully saturated rings. The van der Waals surface area contributed by atoms with Crippen LogP contribution in [0.3, 0.4) is 0 Å². The van der Waals surface area contributed by atoms with E-state index in [4.69, 9.17) is 4.74 Å². The van der Waals surface area contributed by atoms with Crippen LogP contribution in [0.15, 0.2) is 24.3 Å². The third kappa shape index (κ3) is 6.04. The van der Waals surface area contributed by atoms with Crippen molar-refractivity contribution in [3.8, 4) is 5.75 Å². The number of carbonyl (C=O) groups excluding carboxylic acids is 1. The van der Waals surface area contributed by atoms with E-state index in [2.05, 4.69) is 10.6 Å². The lowest BCUT2D eigenvalue weighted by Crippen LogP contribution is -2.42. The number of benzene rings is 1. The molecule has 21 heavy (non-hydrogen) atoms. The summed E-state index contributed by atoms with van der Waals surface area (Å²) in [6.45, 7) is 4.77. The molecule has 1 aromatic rings. The zero-order valence-electron chi connectivity index (χ0n) is 13.1. The molecule has 2 atom stereocenters. The number of rotatable bonds is 8. The lowest BCUT2D eigenvalue weighted by Gasteiger charge is -2.17. The molecular weight excluding hydrogens is 268 g/mol. The van der Waals surface area contributed by atoms with Gasteiger partial charge in [0.15, 0.2) is 0 Å². The van der Waals surface area contributed by atoms with Gasteiger partial charge in [0.25, 0.3) is 0 Å². The van der Waals surface area contributed by atoms with Gasteiger partial charge in [-0.2, -0.15) is 0 Å². The Bertz CT molecular complexity index is 437. The number of urea groups is 1. The minimum absolute atomic E-state index is 0.180. The Balaban J connectivity index is 2.27. The van der Waals surface area contributed by atoms with E-state index in [0.717, 1.165) is 17.7 Å². The summed E-state index contributed by atoms with van der Waals surface area (Å²) in [5.41, 5.74) is 1.06. The Kier molecular flexibility index (Phi) is 7.61. The van der Waals surface area contributed by atoms with E-state index in [0.29, 0.717) is 13.0 Å². The van der Waals surface area contributed by atoms with E-state index < -0.39 is 6.10 Å². The first-order valence-corrected chi connectivity index (χ1v) is 7.40. The maximum atomic E-state index is 11.6. The Labute approximate surface area is 126 Å². The molecule has 0 aromatic heterocycles. The zero-order chi connectivity index (χ0) is 15.7. The van der Waals surface area contributed by atoms with Crippen LogP contribution in [0, 0.1) is 5.92 Å². The van der Waals surface area contributed by atoms with E-state index in [1.807, 2.05) is 38.1 Å². The van der Waals surface area contributed by atoms with Crippen LogP contribution in [0.1, 0.15) is 25.8 Å². The van der Waals surface area contributed by atoms with Gasteiger partial charge in [-0.25, -0.2) is 4.79 Å². The summed E-state index contributed by atoms with van der Waals surface area (Å²) in [6.07, 6.45) is 1.08. The molecule has 0 saturated heterocycles. The van der Waals surface area contributed by atoms with Gasteiger partial charge in [0.05, 0.1) is 13.2 Å². The summed E-state index contributed by atoms with van der Waals surface area (Å²) in [5.74, 6) is 1.01. The molecule has 0 saturated carbocycles. The second kappa shape index (κ2) is 9.23. The highest BCUT2D eigenvalue weighted by atomic mass is 16.5. The smallest absolute Gasteiger partial charge is 0.314 e. The molecule has 0 aliphatic rings. The molecule has 2 amide bonds. The number of aliphatic hydroxyl groups excluding tert-OH is 1. The number of carbonyl (C=O) groups is 1. The molecule has 5 nitrogen and oxygen atoms in total. The largest absolute Gasteiger partial charge is 0.496 e. The zero-order valence-corrected chi connectivity index (χ0v) is 13.1. The molecule has 0 radical (unpaired) electrons. The monoisotopic (exact) mass is 294 g/mol. The Morgan fingerprint density at radius 2 is 2.05 bits per heavy atom. The van der Waals surface area contributed by atoms with E-state index in [-0.39, 0.29) is 18.5 Å². The Morgan fingerprint density at radius 3 is 2.71 bits per heavy atom. The van der Waals surface area contributed by atoms with Crippen molar-refractivity contribution in [3.63, 3.8) is 0 Å². The Hall–Kier alpha value is -1.75. The maximum Gasteiger partial charge on any atom is 0.314 e. The second-order valence-corrected chi connectivity index (χ2v) is 5.15. The lowest BCUT2D eigenvalue weighted by molar-refractivity contribution is 0.114. The number of methoxy groups -OCH3 is 1. The van der Waals surface area contributed by atoms with Crippen molar-refractivity contribution < 1.29 is 14.6 Å². The number of aliphatic hydroxyl groups is 1. The summed E-state index contributed by atoms with van der Waals surface area (Å²) in [5, 5.41) is 15.2. The number of nitrogens with one attached hydrogen (secondary N) is 2. The highest BCUT2D eigenvalue weighted by molar-refractivity contribution is 5.73. The predicted molar refractivity (Wildman–Crippen MR) is 83.6 cm³/mol. The van der Waals surface area contributed by atoms with Crippen LogP contribution in [-0.4, -0.2) is 37.4 Å². The summed E-state index contributed by atoms with van der Waals surface area (Å²) >= 11 is 0. The van der Waals surface area contributed by atoms with Crippen LogP contribution in [0.25, 0.3) is 0 Å². The van der Waals surface area contributed by atoms with Crippen molar-refractivity contribution in [3.05, 3.63) is 29.8 Å². The van der Waals surface area contributed by atoms with Gasteiger partial charge in [-0.1, -0.05) is 38.5 Å². The molecule has 0 aliphatic heterocycles. The van der Waals surface area contributed by atoms with Crippen molar-refractivity contribution >= 4 is 6.03 Å². The molecular formula is C16H26N2O3. The summed E-state index contributed by atoms with van der Waals surface area (Å²) in [6, 6.07) is 7.48. The minimum Gasteiger partial charge on any atom is -0.496 e. The van der Waals surface area contributed by atoms with E-state index >= 15 is 0 Å². The van der Waals surface area contributed by atoms with Crippen LogP contribution < -0.4 is 15.4 Å². The van der Waals surface area contributed by atoms with Gasteiger partial charge in [0, 0.05) is 13.1 Å². The molecule has 0 bridgehead atoms. The van der Waals surface area contributed by atoms with Crippen LogP contribution >= 0.6 is 0 Å². The van der Waals surface area contributed by atoms with Crippen molar-refractivity contribution in [2.45, 2.75) is 32.8 Å². The molecule has 5 heteroatoms. The van der Waals surface area contributed by atoms with E-state index in [9.17, 15) is 9.90 Å². The van der Waals surface area contributed by atoms with Gasteiger partial charge in [-0.05, 0) is 24.0 Å². The van der Waals surface area contributed by atoms with Gasteiger partial charge >= 0.3 is 6.03 Å². The van der Waals surface area contributed by atoms with Gasteiger partial charge < -0.3 is 20.5 Å². The van der Waals surface area contributed by atoms with Crippen molar-refractivity contribution in [1.82, 2.24) is 10.6 Å². The third-order valence-corrected chi connectivity index (χ3v) is 3.64. The summed E-state index contributed by atoms with van der Waals surface area (Å²) < 4.78 is 5.26. The average Bonchev–Trinajstić information content (AvgIpc) is 2.52. The second-order valence-electron chi connectivity index (χ2n) is 5.15.